The Bertz CT molecular complexity index is 448. The van der Waals surface area contributed by atoms with E-state index in [0.717, 1.165) is 56.9 Å². The number of nitrogens with zero attached hydrogens (tertiary/aromatic N) is 2. The summed E-state index contributed by atoms with van der Waals surface area (Å²) in [6.07, 6.45) is 1.09. The highest BCUT2D eigenvalue weighted by molar-refractivity contribution is 5.49. The first kappa shape index (κ1) is 16.2. The van der Waals surface area contributed by atoms with Gasteiger partial charge >= 0.3 is 0 Å². The van der Waals surface area contributed by atoms with Gasteiger partial charge in [-0.05, 0) is 50.2 Å². The Hall–Kier alpha value is -1.13. The van der Waals surface area contributed by atoms with Crippen molar-refractivity contribution in [3.8, 4) is 0 Å². The number of nitrogens with one attached hydrogen (secondary N) is 1. The molecule has 0 amide bonds. The minimum atomic E-state index is -0.0941. The highest BCUT2D eigenvalue weighted by Gasteiger charge is 2.15. The third-order valence-electron chi connectivity index (χ3n) is 3.95. The fourth-order valence-electron chi connectivity index (χ4n) is 2.71. The number of likely N-dealkylation sites (N-methyl/N-ethyl adjacent to an activating group) is 1. The smallest absolute Gasteiger partial charge is 0.146 e. The summed E-state index contributed by atoms with van der Waals surface area (Å²) >= 11 is 0. The van der Waals surface area contributed by atoms with Gasteiger partial charge < -0.3 is 15.1 Å². The van der Waals surface area contributed by atoms with Gasteiger partial charge in [0.1, 0.15) is 5.82 Å². The van der Waals surface area contributed by atoms with Crippen LogP contribution in [0.2, 0.25) is 0 Å². The van der Waals surface area contributed by atoms with Crippen LogP contribution in [-0.2, 0) is 6.54 Å². The van der Waals surface area contributed by atoms with Crippen LogP contribution >= 0.6 is 0 Å². The first-order valence-corrected chi connectivity index (χ1v) is 7.99. The highest BCUT2D eigenvalue weighted by Crippen LogP contribution is 2.22. The second-order valence-electron chi connectivity index (χ2n) is 6.45. The number of anilines is 1. The molecule has 0 radical (unpaired) electrons. The topological polar surface area (TPSA) is 18.5 Å². The van der Waals surface area contributed by atoms with Crippen molar-refractivity contribution in [2.24, 2.45) is 5.92 Å². The van der Waals surface area contributed by atoms with Crippen LogP contribution in [0.5, 0.6) is 0 Å². The molecule has 1 fully saturated rings. The summed E-state index contributed by atoms with van der Waals surface area (Å²) in [6.45, 7) is 9.97. The molecule has 0 atom stereocenters. The molecule has 118 valence electrons. The summed E-state index contributed by atoms with van der Waals surface area (Å²) in [5.41, 5.74) is 1.77. The van der Waals surface area contributed by atoms with Gasteiger partial charge in [0.25, 0.3) is 0 Å². The van der Waals surface area contributed by atoms with Crippen LogP contribution < -0.4 is 10.2 Å². The van der Waals surface area contributed by atoms with Gasteiger partial charge in [-0.2, -0.15) is 0 Å². The van der Waals surface area contributed by atoms with Crippen molar-refractivity contribution in [2.45, 2.75) is 26.8 Å². The second kappa shape index (κ2) is 7.76. The Labute approximate surface area is 128 Å². The lowest BCUT2D eigenvalue weighted by atomic mass is 10.1. The SMILES string of the molecule is CC(C)CNCc1ccc(N2CCCN(C)CC2)c(F)c1. The zero-order valence-corrected chi connectivity index (χ0v) is 13.5. The van der Waals surface area contributed by atoms with E-state index in [4.69, 9.17) is 0 Å². The zero-order valence-electron chi connectivity index (χ0n) is 13.5. The van der Waals surface area contributed by atoms with Gasteiger partial charge in [-0.1, -0.05) is 19.9 Å². The van der Waals surface area contributed by atoms with Crippen molar-refractivity contribution in [1.29, 1.82) is 0 Å². The highest BCUT2D eigenvalue weighted by atomic mass is 19.1. The number of halogens is 1. The van der Waals surface area contributed by atoms with E-state index in [-0.39, 0.29) is 5.82 Å². The van der Waals surface area contributed by atoms with Crippen LogP contribution in [0.4, 0.5) is 10.1 Å². The van der Waals surface area contributed by atoms with Crippen LogP contribution in [0.1, 0.15) is 25.8 Å². The first-order chi connectivity index (χ1) is 10.1. The first-order valence-electron chi connectivity index (χ1n) is 7.99. The molecule has 0 aromatic heterocycles. The Balaban J connectivity index is 1.98. The molecule has 1 saturated heterocycles. The molecule has 1 aliphatic rings. The second-order valence-corrected chi connectivity index (χ2v) is 6.45. The van der Waals surface area contributed by atoms with Crippen LogP contribution in [0.15, 0.2) is 18.2 Å². The van der Waals surface area contributed by atoms with Crippen molar-refractivity contribution < 1.29 is 4.39 Å². The van der Waals surface area contributed by atoms with Gasteiger partial charge in [0.05, 0.1) is 5.69 Å². The lowest BCUT2D eigenvalue weighted by Crippen LogP contribution is -2.29. The molecule has 1 aromatic carbocycles. The third kappa shape index (κ3) is 4.97. The predicted octanol–water partition coefficient (Wildman–Crippen LogP) is 2.71. The summed E-state index contributed by atoms with van der Waals surface area (Å²) < 4.78 is 14.4. The molecular weight excluding hydrogens is 265 g/mol. The molecule has 3 nitrogen and oxygen atoms in total. The van der Waals surface area contributed by atoms with E-state index in [0.29, 0.717) is 5.92 Å². The van der Waals surface area contributed by atoms with Gasteiger partial charge in [-0.3, -0.25) is 0 Å². The van der Waals surface area contributed by atoms with E-state index in [1.165, 1.54) is 0 Å². The molecular formula is C17H28FN3. The van der Waals surface area contributed by atoms with Gasteiger partial charge in [-0.25, -0.2) is 4.39 Å². The van der Waals surface area contributed by atoms with Crippen LogP contribution in [-0.4, -0.2) is 44.7 Å². The van der Waals surface area contributed by atoms with Crippen molar-refractivity contribution in [3.05, 3.63) is 29.6 Å². The standard InChI is InChI=1S/C17H28FN3/c1-14(2)12-19-13-15-5-6-17(16(18)11-15)21-8-4-7-20(3)9-10-21/h5-6,11,14,19H,4,7-10,12-13H2,1-3H3. The van der Waals surface area contributed by atoms with Crippen molar-refractivity contribution in [1.82, 2.24) is 10.2 Å². The Morgan fingerprint density at radius 2 is 2.00 bits per heavy atom. The summed E-state index contributed by atoms with van der Waals surface area (Å²) in [6, 6.07) is 5.66. The lowest BCUT2D eigenvalue weighted by Gasteiger charge is -2.23. The molecule has 0 aliphatic carbocycles. The van der Waals surface area contributed by atoms with E-state index >= 15 is 0 Å². The number of hydrogen-bond donors (Lipinski definition) is 1. The van der Waals surface area contributed by atoms with Crippen LogP contribution in [0.25, 0.3) is 0 Å². The average Bonchev–Trinajstić information content (AvgIpc) is 2.63. The van der Waals surface area contributed by atoms with Gasteiger partial charge in [0.2, 0.25) is 0 Å². The summed E-state index contributed by atoms with van der Waals surface area (Å²) in [4.78, 5) is 4.48. The summed E-state index contributed by atoms with van der Waals surface area (Å²) in [5.74, 6) is 0.520. The van der Waals surface area contributed by atoms with Crippen molar-refractivity contribution in [2.75, 3.05) is 44.7 Å². The number of rotatable bonds is 5. The minimum absolute atomic E-state index is 0.0941. The number of benzene rings is 1. The molecule has 1 aromatic rings. The third-order valence-corrected chi connectivity index (χ3v) is 3.95. The maximum Gasteiger partial charge on any atom is 0.146 e. The maximum absolute atomic E-state index is 14.4. The van der Waals surface area contributed by atoms with E-state index < -0.39 is 0 Å². The van der Waals surface area contributed by atoms with Gasteiger partial charge in [0.15, 0.2) is 0 Å². The van der Waals surface area contributed by atoms with Gasteiger partial charge in [0, 0.05) is 26.2 Å². The Morgan fingerprint density at radius 1 is 1.19 bits per heavy atom. The van der Waals surface area contributed by atoms with E-state index in [1.54, 1.807) is 6.07 Å². The van der Waals surface area contributed by atoms with Crippen molar-refractivity contribution >= 4 is 5.69 Å². The molecule has 0 saturated carbocycles. The van der Waals surface area contributed by atoms with Gasteiger partial charge in [-0.15, -0.1) is 0 Å². The normalized spacial score (nSPS) is 17.3. The molecule has 2 rings (SSSR count). The minimum Gasteiger partial charge on any atom is -0.368 e. The molecule has 0 spiro atoms. The van der Waals surface area contributed by atoms with Crippen LogP contribution in [0.3, 0.4) is 0 Å². The fourth-order valence-corrected chi connectivity index (χ4v) is 2.71. The molecule has 1 aliphatic heterocycles. The maximum atomic E-state index is 14.4. The van der Waals surface area contributed by atoms with E-state index in [2.05, 4.69) is 36.0 Å². The quantitative estimate of drug-likeness (QED) is 0.900. The molecule has 0 unspecified atom stereocenters. The Kier molecular flexibility index (Phi) is 6.00. The fraction of sp³-hybridized carbons (Fsp3) is 0.647. The molecule has 0 bridgehead atoms. The van der Waals surface area contributed by atoms with Crippen molar-refractivity contribution in [3.63, 3.8) is 0 Å². The average molecular weight is 293 g/mol. The zero-order chi connectivity index (χ0) is 15.2. The lowest BCUT2D eigenvalue weighted by molar-refractivity contribution is 0.360. The van der Waals surface area contributed by atoms with E-state index in [1.807, 2.05) is 12.1 Å². The largest absolute Gasteiger partial charge is 0.368 e. The Morgan fingerprint density at radius 3 is 2.71 bits per heavy atom. The monoisotopic (exact) mass is 293 g/mol. The van der Waals surface area contributed by atoms with Crippen LogP contribution in [0, 0.1) is 11.7 Å². The number of hydrogen-bond acceptors (Lipinski definition) is 3. The molecule has 1 N–H and O–H groups in total. The molecule has 4 heteroatoms. The summed E-state index contributed by atoms with van der Waals surface area (Å²) in [5, 5.41) is 3.36. The summed E-state index contributed by atoms with van der Waals surface area (Å²) in [7, 11) is 2.13. The predicted molar refractivity (Wildman–Crippen MR) is 87.3 cm³/mol. The van der Waals surface area contributed by atoms with E-state index in [9.17, 15) is 4.39 Å². The molecule has 21 heavy (non-hydrogen) atoms. The molecule has 1 heterocycles.